The maximum atomic E-state index is 14.2. The summed E-state index contributed by atoms with van der Waals surface area (Å²) in [6.07, 6.45) is 3.26. The summed E-state index contributed by atoms with van der Waals surface area (Å²) in [6.45, 7) is 6.50. The van der Waals surface area contributed by atoms with Gasteiger partial charge in [-0.25, -0.2) is 9.50 Å². The quantitative estimate of drug-likeness (QED) is 0.318. The van der Waals surface area contributed by atoms with E-state index in [2.05, 4.69) is 44.1 Å². The van der Waals surface area contributed by atoms with Gasteiger partial charge in [0.1, 0.15) is 5.56 Å². The molecule has 0 radical (unpaired) electrons. The molecule has 0 saturated carbocycles. The van der Waals surface area contributed by atoms with Crippen LogP contribution in [0.4, 0.5) is 5.82 Å². The second-order valence-electron chi connectivity index (χ2n) is 10.5. The molecule has 4 heterocycles. The zero-order chi connectivity index (χ0) is 29.2. The Labute approximate surface area is 243 Å². The Morgan fingerprint density at radius 2 is 1.86 bits per heavy atom. The second kappa shape index (κ2) is 11.5. The monoisotopic (exact) mass is 560 g/mol. The smallest absolute Gasteiger partial charge is 0.264 e. The van der Waals surface area contributed by atoms with Crippen LogP contribution in [-0.4, -0.2) is 74.6 Å². The Kier molecular flexibility index (Phi) is 7.44. The van der Waals surface area contributed by atoms with Gasteiger partial charge in [0.15, 0.2) is 11.5 Å². The van der Waals surface area contributed by atoms with Crippen LogP contribution in [0.1, 0.15) is 34.6 Å². The molecule has 0 spiro atoms. The third-order valence-electron chi connectivity index (χ3n) is 7.65. The van der Waals surface area contributed by atoms with Gasteiger partial charge in [0.2, 0.25) is 0 Å². The van der Waals surface area contributed by atoms with Gasteiger partial charge in [-0.1, -0.05) is 42.2 Å². The van der Waals surface area contributed by atoms with Gasteiger partial charge in [0.25, 0.3) is 11.5 Å². The average Bonchev–Trinajstić information content (AvgIpc) is 3.34. The van der Waals surface area contributed by atoms with Gasteiger partial charge < -0.3 is 16.0 Å². The number of rotatable bonds is 5. The molecule has 0 aliphatic carbocycles. The predicted octanol–water partition coefficient (Wildman–Crippen LogP) is 2.71. The van der Waals surface area contributed by atoms with Gasteiger partial charge in [0.05, 0.1) is 18.0 Å². The lowest BCUT2D eigenvalue weighted by Gasteiger charge is -2.30. The van der Waals surface area contributed by atoms with Crippen molar-refractivity contribution >= 4 is 28.1 Å². The van der Waals surface area contributed by atoms with Crippen LogP contribution in [0, 0.1) is 11.8 Å². The number of piperazine rings is 1. The number of nitrogens with one attached hydrogen (secondary N) is 1. The minimum Gasteiger partial charge on any atom is -0.381 e. The van der Waals surface area contributed by atoms with Crippen LogP contribution in [0.25, 0.3) is 22.1 Å². The van der Waals surface area contributed by atoms with Gasteiger partial charge in [0, 0.05) is 55.5 Å². The lowest BCUT2D eigenvalue weighted by molar-refractivity contribution is 0.0941. The maximum absolute atomic E-state index is 14.2. The number of fused-ring (bicyclic) bond motifs is 2. The van der Waals surface area contributed by atoms with E-state index in [0.29, 0.717) is 34.5 Å². The van der Waals surface area contributed by atoms with Crippen LogP contribution >= 0.6 is 0 Å². The highest BCUT2D eigenvalue weighted by atomic mass is 16.2. The number of amides is 1. The van der Waals surface area contributed by atoms with Crippen molar-refractivity contribution < 1.29 is 4.79 Å². The predicted molar refractivity (Wildman–Crippen MR) is 164 cm³/mol. The number of hydrogen-bond donors (Lipinski definition) is 2. The fourth-order valence-corrected chi connectivity index (χ4v) is 5.37. The van der Waals surface area contributed by atoms with E-state index in [0.717, 1.165) is 31.6 Å². The number of hydrogen-bond acceptors (Lipinski definition) is 7. The molecule has 1 saturated heterocycles. The first-order valence-electron chi connectivity index (χ1n) is 13.9. The number of pyridine rings is 1. The van der Waals surface area contributed by atoms with E-state index in [9.17, 15) is 9.59 Å². The van der Waals surface area contributed by atoms with E-state index < -0.39 is 11.9 Å². The Morgan fingerprint density at radius 1 is 1.07 bits per heavy atom. The van der Waals surface area contributed by atoms with Crippen LogP contribution in [0.3, 0.4) is 0 Å². The van der Waals surface area contributed by atoms with E-state index in [1.807, 2.05) is 61.5 Å². The number of nitrogens with zero attached hydrogens (tertiary/aromatic N) is 6. The second-order valence-corrected chi connectivity index (χ2v) is 10.5. The van der Waals surface area contributed by atoms with E-state index in [1.54, 1.807) is 23.0 Å². The maximum Gasteiger partial charge on any atom is 0.264 e. The number of likely N-dealkylation sites (N-methyl/N-ethyl adjacent to an activating group) is 1. The molecule has 10 nitrogen and oxygen atoms in total. The zero-order valence-electron chi connectivity index (χ0n) is 23.6. The number of aromatic nitrogens is 4. The highest BCUT2D eigenvalue weighted by molar-refractivity contribution is 6.04. The van der Waals surface area contributed by atoms with Crippen LogP contribution < -0.4 is 16.6 Å². The van der Waals surface area contributed by atoms with Crippen LogP contribution in [-0.2, 0) is 0 Å². The lowest BCUT2D eigenvalue weighted by atomic mass is 10.0. The van der Waals surface area contributed by atoms with Gasteiger partial charge >= 0.3 is 0 Å². The SMILES string of the molecule is C[C@@H](NC(=O)c1c(N)nn2cccnc12)c1cc2cccc(C#CCN3CCN(C)CC3)c2c(=O)n1-c1ccccc1. The van der Waals surface area contributed by atoms with Gasteiger partial charge in [-0.2, -0.15) is 0 Å². The molecule has 0 bridgehead atoms. The van der Waals surface area contributed by atoms with E-state index in [1.165, 1.54) is 4.52 Å². The van der Waals surface area contributed by atoms with Crippen LogP contribution in [0.2, 0.25) is 0 Å². The van der Waals surface area contributed by atoms with Gasteiger partial charge in [-0.3, -0.25) is 19.1 Å². The molecular formula is C32H32N8O2. The summed E-state index contributed by atoms with van der Waals surface area (Å²) in [7, 11) is 2.13. The van der Waals surface area contributed by atoms with E-state index in [4.69, 9.17) is 5.73 Å². The van der Waals surface area contributed by atoms with E-state index >= 15 is 0 Å². The number of anilines is 1. The number of nitrogen functional groups attached to an aromatic ring is 1. The molecule has 2 aromatic carbocycles. The number of para-hydroxylation sites is 1. The number of carbonyl (C=O) groups excluding carboxylic acids is 1. The van der Waals surface area contributed by atoms with Crippen molar-refractivity contribution in [1.29, 1.82) is 0 Å². The van der Waals surface area contributed by atoms with Crippen molar-refractivity contribution in [3.05, 3.63) is 100 Å². The molecule has 1 atom stereocenters. The van der Waals surface area contributed by atoms with E-state index in [-0.39, 0.29) is 16.9 Å². The normalized spacial score (nSPS) is 14.9. The molecule has 42 heavy (non-hydrogen) atoms. The lowest BCUT2D eigenvalue weighted by Crippen LogP contribution is -2.44. The Bertz CT molecular complexity index is 1890. The minimum atomic E-state index is -0.556. The van der Waals surface area contributed by atoms with Crippen LogP contribution in [0.5, 0.6) is 0 Å². The topological polar surface area (TPSA) is 114 Å². The first kappa shape index (κ1) is 27.2. The standard InChI is InChI=1S/C32H32N8O2/c1-22(35-31(41)28-29(33)36-39-16-8-14-34-30(28)39)26-21-24-10-6-9-23(11-7-15-38-19-17-37(2)18-20-38)27(24)32(42)40(26)25-12-4-3-5-13-25/h3-6,8-10,12-14,16,21-22H,15,17-20H2,1-2H3,(H2,33,36)(H,35,41)/t22-/m1/s1. The molecule has 6 rings (SSSR count). The summed E-state index contributed by atoms with van der Waals surface area (Å²) in [4.78, 5) is 36.6. The Balaban J connectivity index is 1.39. The molecule has 3 N–H and O–H groups in total. The number of benzene rings is 2. The van der Waals surface area contributed by atoms with Crippen molar-refractivity contribution in [1.82, 2.24) is 34.3 Å². The average molecular weight is 561 g/mol. The summed E-state index contributed by atoms with van der Waals surface area (Å²) in [5, 5.41) is 8.52. The third-order valence-corrected chi connectivity index (χ3v) is 7.65. The summed E-state index contributed by atoms with van der Waals surface area (Å²) < 4.78 is 3.12. The van der Waals surface area contributed by atoms with Gasteiger partial charge in [-0.15, -0.1) is 5.10 Å². The molecule has 10 heteroatoms. The molecule has 1 amide bonds. The summed E-state index contributed by atoms with van der Waals surface area (Å²) in [6, 6.07) is 18.2. The summed E-state index contributed by atoms with van der Waals surface area (Å²) in [5.41, 5.74) is 8.44. The van der Waals surface area contributed by atoms with Crippen molar-refractivity contribution in [2.75, 3.05) is 45.5 Å². The largest absolute Gasteiger partial charge is 0.381 e. The van der Waals surface area contributed by atoms with Crippen molar-refractivity contribution in [2.24, 2.45) is 0 Å². The number of nitrogens with two attached hydrogens (primary N) is 1. The molecule has 1 fully saturated rings. The zero-order valence-corrected chi connectivity index (χ0v) is 23.6. The highest BCUT2D eigenvalue weighted by Crippen LogP contribution is 2.24. The van der Waals surface area contributed by atoms with Crippen molar-refractivity contribution in [2.45, 2.75) is 13.0 Å². The van der Waals surface area contributed by atoms with Crippen LogP contribution in [0.15, 0.2) is 77.9 Å². The molecular weight excluding hydrogens is 528 g/mol. The minimum absolute atomic E-state index is 0.0807. The summed E-state index contributed by atoms with van der Waals surface area (Å²) >= 11 is 0. The highest BCUT2D eigenvalue weighted by Gasteiger charge is 2.24. The molecule has 5 aromatic rings. The molecule has 212 valence electrons. The summed E-state index contributed by atoms with van der Waals surface area (Å²) in [5.74, 6) is 6.21. The number of carbonyl (C=O) groups is 1. The fraction of sp³-hybridized carbons (Fsp3) is 0.250. The fourth-order valence-electron chi connectivity index (χ4n) is 5.37. The first-order chi connectivity index (χ1) is 20.4. The molecule has 1 aliphatic heterocycles. The Hall–Kier alpha value is -4.98. The van der Waals surface area contributed by atoms with Crippen molar-refractivity contribution in [3.63, 3.8) is 0 Å². The third kappa shape index (κ3) is 5.23. The Morgan fingerprint density at radius 3 is 2.64 bits per heavy atom. The molecule has 3 aromatic heterocycles. The van der Waals surface area contributed by atoms with Crippen molar-refractivity contribution in [3.8, 4) is 17.5 Å². The first-order valence-corrected chi connectivity index (χ1v) is 13.9. The molecule has 0 unspecified atom stereocenters. The molecule has 1 aliphatic rings. The van der Waals surface area contributed by atoms with Gasteiger partial charge in [-0.05, 0) is 49.7 Å².